The van der Waals surface area contributed by atoms with Gasteiger partial charge in [-0.2, -0.15) is 0 Å². The van der Waals surface area contributed by atoms with Crippen molar-refractivity contribution in [2.24, 2.45) is 17.3 Å². The number of fused-ring (bicyclic) bond motifs is 1. The van der Waals surface area contributed by atoms with Crippen molar-refractivity contribution < 1.29 is 24.9 Å². The summed E-state index contributed by atoms with van der Waals surface area (Å²) in [7, 11) is 0. The molecular weight excluding hydrogens is 394 g/mol. The topological polar surface area (TPSA) is 99.0 Å². The third kappa shape index (κ3) is 3.02. The fourth-order valence-electron chi connectivity index (χ4n) is 6.48. The van der Waals surface area contributed by atoms with Crippen LogP contribution < -0.4 is 10.1 Å². The van der Waals surface area contributed by atoms with Gasteiger partial charge in [-0.15, -0.1) is 0 Å². The number of carbonyl (C=O) groups excluding carboxylic acids is 1. The number of amides is 1. The Morgan fingerprint density at radius 2 is 2.06 bits per heavy atom. The van der Waals surface area contributed by atoms with Crippen LogP contribution in [0.1, 0.15) is 80.8 Å². The number of allylic oxidation sites excluding steroid dienone is 1. The van der Waals surface area contributed by atoms with Gasteiger partial charge in [0.15, 0.2) is 0 Å². The van der Waals surface area contributed by atoms with E-state index < -0.39 is 23.7 Å². The summed E-state index contributed by atoms with van der Waals surface area (Å²) in [5.41, 5.74) is 0.348. The van der Waals surface area contributed by atoms with Crippen molar-refractivity contribution in [1.82, 2.24) is 5.32 Å². The average molecular weight is 428 g/mol. The first-order valence-electron chi connectivity index (χ1n) is 11.6. The van der Waals surface area contributed by atoms with Gasteiger partial charge in [0.1, 0.15) is 34.9 Å². The zero-order chi connectivity index (χ0) is 22.0. The highest BCUT2D eigenvalue weighted by atomic mass is 16.5. The van der Waals surface area contributed by atoms with Crippen LogP contribution in [0.5, 0.6) is 11.5 Å². The van der Waals surface area contributed by atoms with Crippen molar-refractivity contribution in [2.45, 2.75) is 76.6 Å². The molecule has 0 saturated heterocycles. The molecule has 0 unspecified atom stereocenters. The Balaban J connectivity index is 1.40. The normalized spacial score (nSPS) is 35.0. The number of phenolic OH excluding ortho intramolecular Hbond substituents is 1. The Bertz CT molecular complexity index is 938. The first-order chi connectivity index (χ1) is 14.7. The smallest absolute Gasteiger partial charge is 0.258 e. The summed E-state index contributed by atoms with van der Waals surface area (Å²) in [6.07, 6.45) is 7.41. The Labute approximate surface area is 183 Å². The van der Waals surface area contributed by atoms with Gasteiger partial charge < -0.3 is 25.4 Å². The van der Waals surface area contributed by atoms with E-state index in [2.05, 4.69) is 25.2 Å². The van der Waals surface area contributed by atoms with Crippen molar-refractivity contribution in [3.63, 3.8) is 0 Å². The van der Waals surface area contributed by atoms with Gasteiger partial charge in [-0.25, -0.2) is 0 Å². The number of hydrogen-bond donors (Lipinski definition) is 4. The Morgan fingerprint density at radius 1 is 1.26 bits per heavy atom. The minimum atomic E-state index is -1.39. The lowest BCUT2D eigenvalue weighted by atomic mass is 9.42. The summed E-state index contributed by atoms with van der Waals surface area (Å²) in [6.45, 7) is 4.77. The molecule has 1 amide bonds. The predicted molar refractivity (Wildman–Crippen MR) is 116 cm³/mol. The molecule has 3 saturated carbocycles. The minimum Gasteiger partial charge on any atom is -0.507 e. The number of nitrogens with one attached hydrogen (secondary N) is 1. The molecule has 4 aliphatic carbocycles. The summed E-state index contributed by atoms with van der Waals surface area (Å²) in [5.74, 6) is -0.0379. The van der Waals surface area contributed by atoms with Crippen LogP contribution in [0.4, 0.5) is 0 Å². The molecule has 3 fully saturated rings. The van der Waals surface area contributed by atoms with Gasteiger partial charge in [-0.1, -0.05) is 25.5 Å². The van der Waals surface area contributed by atoms with Gasteiger partial charge in [0, 0.05) is 12.1 Å². The number of aliphatic hydroxyl groups excluding tert-OH is 1. The Hall–Kier alpha value is -2.05. The SMILES string of the molecule is CC1(C)[C@@H]2C[C@H]1[C@@]1(O)[C@@H](C2)Oc2c(ccc(O)c2C(=O)NCCC2=CCCCC2)[C@@H]1O. The summed E-state index contributed by atoms with van der Waals surface area (Å²) in [6, 6.07) is 2.97. The Morgan fingerprint density at radius 3 is 2.77 bits per heavy atom. The predicted octanol–water partition coefficient (Wildman–Crippen LogP) is 3.60. The number of aromatic hydroxyl groups is 1. The minimum absolute atomic E-state index is 0.0507. The summed E-state index contributed by atoms with van der Waals surface area (Å²) >= 11 is 0. The number of rotatable bonds is 4. The molecule has 6 rings (SSSR count). The van der Waals surface area contributed by atoms with Crippen LogP contribution in [0.25, 0.3) is 0 Å². The molecule has 5 aliphatic rings. The third-order valence-electron chi connectivity index (χ3n) is 8.55. The van der Waals surface area contributed by atoms with Gasteiger partial charge in [0.25, 0.3) is 5.91 Å². The molecule has 4 N–H and O–H groups in total. The van der Waals surface area contributed by atoms with E-state index in [1.54, 1.807) is 6.07 Å². The fraction of sp³-hybridized carbons (Fsp3) is 0.640. The van der Waals surface area contributed by atoms with Gasteiger partial charge >= 0.3 is 0 Å². The average Bonchev–Trinajstić information content (AvgIpc) is 2.74. The molecule has 168 valence electrons. The number of hydrogen-bond acceptors (Lipinski definition) is 5. The number of benzene rings is 1. The maximum Gasteiger partial charge on any atom is 0.258 e. The van der Waals surface area contributed by atoms with E-state index >= 15 is 0 Å². The number of aliphatic hydroxyl groups is 2. The first kappa shape index (κ1) is 20.8. The van der Waals surface area contributed by atoms with E-state index in [9.17, 15) is 20.1 Å². The zero-order valence-electron chi connectivity index (χ0n) is 18.4. The highest BCUT2D eigenvalue weighted by Gasteiger charge is 2.69. The second-order valence-corrected chi connectivity index (χ2v) is 10.4. The van der Waals surface area contributed by atoms with Crippen LogP contribution in [-0.4, -0.2) is 39.5 Å². The summed E-state index contributed by atoms with van der Waals surface area (Å²) in [4.78, 5) is 13.0. The molecule has 1 aromatic carbocycles. The largest absolute Gasteiger partial charge is 0.507 e. The lowest BCUT2D eigenvalue weighted by molar-refractivity contribution is -0.289. The molecule has 5 atom stereocenters. The van der Waals surface area contributed by atoms with Crippen molar-refractivity contribution in [2.75, 3.05) is 6.54 Å². The van der Waals surface area contributed by atoms with Crippen molar-refractivity contribution >= 4 is 5.91 Å². The third-order valence-corrected chi connectivity index (χ3v) is 8.55. The van der Waals surface area contributed by atoms with Crippen LogP contribution in [0.2, 0.25) is 0 Å². The lowest BCUT2D eigenvalue weighted by Gasteiger charge is -2.67. The monoisotopic (exact) mass is 427 g/mol. The van der Waals surface area contributed by atoms with Gasteiger partial charge in [-0.05, 0) is 74.3 Å². The lowest BCUT2D eigenvalue weighted by Crippen LogP contribution is -2.72. The van der Waals surface area contributed by atoms with E-state index in [0.29, 0.717) is 24.4 Å². The molecular formula is C25H33NO5. The zero-order valence-corrected chi connectivity index (χ0v) is 18.4. The highest BCUT2D eigenvalue weighted by Crippen LogP contribution is 2.67. The van der Waals surface area contributed by atoms with Crippen LogP contribution in [0, 0.1) is 17.3 Å². The second kappa shape index (κ2) is 7.24. The van der Waals surface area contributed by atoms with E-state index in [1.165, 1.54) is 24.5 Å². The number of ether oxygens (including phenoxy) is 1. The molecule has 0 aromatic heterocycles. The quantitative estimate of drug-likeness (QED) is 0.550. The molecule has 1 heterocycles. The molecule has 1 aliphatic heterocycles. The number of carbonyl (C=O) groups is 1. The van der Waals surface area contributed by atoms with E-state index in [1.807, 2.05) is 0 Å². The summed E-state index contributed by atoms with van der Waals surface area (Å²) < 4.78 is 6.19. The molecule has 1 aromatic rings. The van der Waals surface area contributed by atoms with Gasteiger partial charge in [0.05, 0.1) is 0 Å². The maximum absolute atomic E-state index is 13.0. The molecule has 0 radical (unpaired) electrons. The van der Waals surface area contributed by atoms with E-state index in [4.69, 9.17) is 4.74 Å². The molecule has 31 heavy (non-hydrogen) atoms. The highest BCUT2D eigenvalue weighted by molar-refractivity contribution is 6.00. The van der Waals surface area contributed by atoms with Crippen LogP contribution in [0.3, 0.4) is 0 Å². The first-order valence-corrected chi connectivity index (χ1v) is 11.6. The van der Waals surface area contributed by atoms with E-state index in [-0.39, 0.29) is 28.4 Å². The maximum atomic E-state index is 13.0. The van der Waals surface area contributed by atoms with Gasteiger partial charge in [-0.3, -0.25) is 4.79 Å². The van der Waals surface area contributed by atoms with Crippen LogP contribution >= 0.6 is 0 Å². The molecule has 6 heteroatoms. The van der Waals surface area contributed by atoms with Crippen molar-refractivity contribution in [3.05, 3.63) is 34.9 Å². The molecule has 2 bridgehead atoms. The van der Waals surface area contributed by atoms with Crippen LogP contribution in [-0.2, 0) is 0 Å². The number of phenols is 1. The van der Waals surface area contributed by atoms with Crippen molar-refractivity contribution in [3.8, 4) is 11.5 Å². The van der Waals surface area contributed by atoms with Crippen molar-refractivity contribution in [1.29, 1.82) is 0 Å². The van der Waals surface area contributed by atoms with E-state index in [0.717, 1.165) is 25.7 Å². The molecule has 0 spiro atoms. The fourth-order valence-corrected chi connectivity index (χ4v) is 6.48. The van der Waals surface area contributed by atoms with Crippen LogP contribution in [0.15, 0.2) is 23.8 Å². The standard InChI is InChI=1S/C25H33NO5/c1-24(2)15-12-18(24)25(30)19(13-15)31-21-16(22(25)28)8-9-17(27)20(21)23(29)26-11-10-14-6-4-3-5-7-14/h6,8-9,15,18-19,22,27-28,30H,3-5,7,10-13H2,1-2H3,(H,26,29)/t15-,18-,19-,22+,25-/m1/s1. The van der Waals surface area contributed by atoms with Gasteiger partial charge in [0.2, 0.25) is 0 Å². The Kier molecular flexibility index (Phi) is 4.87. The second-order valence-electron chi connectivity index (χ2n) is 10.4. The molecule has 6 nitrogen and oxygen atoms in total. The summed E-state index contributed by atoms with van der Waals surface area (Å²) in [5, 5.41) is 36.2.